The van der Waals surface area contributed by atoms with Crippen LogP contribution in [0, 0.1) is 28.6 Å². The molecule has 0 aromatic rings. The number of hydrogen-bond donors (Lipinski definition) is 0. The van der Waals surface area contributed by atoms with E-state index in [1.165, 1.54) is 19.3 Å². The summed E-state index contributed by atoms with van der Waals surface area (Å²) in [5, 5.41) is 0. The third kappa shape index (κ3) is 0.976. The molecule has 0 N–H and O–H groups in total. The second kappa shape index (κ2) is 2.67. The Hall–Kier alpha value is -0.330. The molecule has 5 rings (SSSR count). The van der Waals surface area contributed by atoms with Crippen LogP contribution in [0.25, 0.3) is 0 Å². The van der Waals surface area contributed by atoms with Crippen molar-refractivity contribution in [2.75, 3.05) is 0 Å². The van der Waals surface area contributed by atoms with Gasteiger partial charge >= 0.3 is 0 Å². The second-order valence-corrected chi connectivity index (χ2v) is 6.78. The van der Waals surface area contributed by atoms with Crippen molar-refractivity contribution >= 4 is 5.78 Å². The molecule has 5 aliphatic carbocycles. The van der Waals surface area contributed by atoms with Crippen molar-refractivity contribution in [3.8, 4) is 0 Å². The third-order valence-corrected chi connectivity index (χ3v) is 5.98. The van der Waals surface area contributed by atoms with E-state index in [9.17, 15) is 4.79 Å². The maximum Gasteiger partial charge on any atom is 0.145 e. The number of rotatable bonds is 0. The van der Waals surface area contributed by atoms with Gasteiger partial charge in [0.1, 0.15) is 5.78 Å². The summed E-state index contributed by atoms with van der Waals surface area (Å²) in [4.78, 5) is 12.7. The molecule has 0 aromatic carbocycles. The monoisotopic (exact) mass is 206 g/mol. The van der Waals surface area contributed by atoms with Crippen LogP contribution >= 0.6 is 0 Å². The first-order valence-corrected chi connectivity index (χ1v) is 6.53. The zero-order valence-corrected chi connectivity index (χ0v) is 10.2. The predicted octanol–water partition coefficient (Wildman–Crippen LogP) is 3.43. The van der Waals surface area contributed by atoms with Crippen molar-refractivity contribution in [3.63, 3.8) is 0 Å². The Morgan fingerprint density at radius 2 is 2.00 bits per heavy atom. The van der Waals surface area contributed by atoms with E-state index >= 15 is 0 Å². The van der Waals surface area contributed by atoms with Crippen LogP contribution in [0.15, 0.2) is 0 Å². The number of Topliss-reactive ketones (excluding diaryl/α,β-unsaturated/α-hetero) is 1. The first-order valence-electron chi connectivity index (χ1n) is 6.53. The first-order chi connectivity index (χ1) is 6.98. The molecule has 5 fully saturated rings. The van der Waals surface area contributed by atoms with Crippen molar-refractivity contribution in [2.24, 2.45) is 28.6 Å². The molecule has 4 bridgehead atoms. The van der Waals surface area contributed by atoms with Crippen LogP contribution in [-0.4, -0.2) is 5.78 Å². The molecule has 0 amide bonds. The van der Waals surface area contributed by atoms with Crippen molar-refractivity contribution in [1.82, 2.24) is 0 Å². The van der Waals surface area contributed by atoms with Crippen LogP contribution in [0.5, 0.6) is 0 Å². The SMILES string of the molecule is CC1CC2(C)C(=O)C3(C)CCCC2CC13. The Kier molecular flexibility index (Phi) is 1.76. The largest absolute Gasteiger partial charge is 0.298 e. The Labute approximate surface area is 92.6 Å². The minimum atomic E-state index is 0.0411. The van der Waals surface area contributed by atoms with E-state index in [1.807, 2.05) is 0 Å². The fourth-order valence-corrected chi connectivity index (χ4v) is 5.21. The summed E-state index contributed by atoms with van der Waals surface area (Å²) in [6.45, 7) is 6.89. The lowest BCUT2D eigenvalue weighted by Crippen LogP contribution is -2.59. The number of carbonyl (C=O) groups excluding carboxylic acids is 1. The van der Waals surface area contributed by atoms with Gasteiger partial charge in [0.15, 0.2) is 0 Å². The highest BCUT2D eigenvalue weighted by Gasteiger charge is 2.64. The van der Waals surface area contributed by atoms with E-state index in [0.29, 0.717) is 17.6 Å². The van der Waals surface area contributed by atoms with Gasteiger partial charge in [-0.25, -0.2) is 0 Å². The lowest BCUT2D eigenvalue weighted by atomic mass is 9.44. The molecule has 1 nitrogen and oxygen atoms in total. The molecule has 5 aliphatic rings. The smallest absolute Gasteiger partial charge is 0.145 e. The summed E-state index contributed by atoms with van der Waals surface area (Å²) < 4.78 is 0. The minimum absolute atomic E-state index is 0.0411. The van der Waals surface area contributed by atoms with Gasteiger partial charge in [-0.15, -0.1) is 0 Å². The molecule has 5 atom stereocenters. The molecule has 84 valence electrons. The van der Waals surface area contributed by atoms with Gasteiger partial charge in [0.05, 0.1) is 0 Å². The summed E-state index contributed by atoms with van der Waals surface area (Å²) in [6.07, 6.45) is 6.25. The minimum Gasteiger partial charge on any atom is -0.298 e. The standard InChI is InChI=1S/C14H22O/c1-9-8-14(3)10-5-4-6-13(2,12(14)15)11(9)7-10/h9-11H,4-8H2,1-3H3. The zero-order chi connectivity index (χ0) is 10.8. The molecule has 5 unspecified atom stereocenters. The van der Waals surface area contributed by atoms with Gasteiger partial charge in [-0.2, -0.15) is 0 Å². The van der Waals surface area contributed by atoms with Gasteiger partial charge < -0.3 is 0 Å². The van der Waals surface area contributed by atoms with Gasteiger partial charge in [-0.3, -0.25) is 4.79 Å². The van der Waals surface area contributed by atoms with E-state index in [4.69, 9.17) is 0 Å². The maximum atomic E-state index is 12.7. The maximum absolute atomic E-state index is 12.7. The van der Waals surface area contributed by atoms with Gasteiger partial charge in [0.25, 0.3) is 0 Å². The molecule has 5 saturated carbocycles. The van der Waals surface area contributed by atoms with Crippen molar-refractivity contribution < 1.29 is 4.79 Å². The Balaban J connectivity index is 2.15. The highest BCUT2D eigenvalue weighted by atomic mass is 16.1. The fourth-order valence-electron chi connectivity index (χ4n) is 5.21. The van der Waals surface area contributed by atoms with Crippen LogP contribution in [-0.2, 0) is 4.79 Å². The Morgan fingerprint density at radius 1 is 1.27 bits per heavy atom. The number of ketones is 1. The lowest BCUT2D eigenvalue weighted by molar-refractivity contribution is -0.166. The molecule has 15 heavy (non-hydrogen) atoms. The molecule has 0 radical (unpaired) electrons. The molecule has 1 heteroatoms. The second-order valence-electron chi connectivity index (χ2n) is 6.78. The fraction of sp³-hybridized carbons (Fsp3) is 0.929. The van der Waals surface area contributed by atoms with Crippen LogP contribution in [0.2, 0.25) is 0 Å². The summed E-state index contributed by atoms with van der Waals surface area (Å²) in [5.41, 5.74) is 0.0822. The average Bonchev–Trinajstić information content (AvgIpc) is 2.37. The van der Waals surface area contributed by atoms with Gasteiger partial charge in [-0.05, 0) is 43.4 Å². The van der Waals surface area contributed by atoms with Crippen molar-refractivity contribution in [3.05, 3.63) is 0 Å². The van der Waals surface area contributed by atoms with E-state index < -0.39 is 0 Å². The summed E-state index contributed by atoms with van der Waals surface area (Å²) in [5.74, 6) is 2.79. The zero-order valence-electron chi connectivity index (χ0n) is 10.2. The summed E-state index contributed by atoms with van der Waals surface area (Å²) >= 11 is 0. The molecule has 0 aliphatic heterocycles. The van der Waals surface area contributed by atoms with E-state index in [-0.39, 0.29) is 10.8 Å². The van der Waals surface area contributed by atoms with Crippen LogP contribution in [0.1, 0.15) is 52.9 Å². The highest BCUT2D eigenvalue weighted by Crippen LogP contribution is 2.65. The van der Waals surface area contributed by atoms with Gasteiger partial charge in [0, 0.05) is 10.8 Å². The molecular weight excluding hydrogens is 184 g/mol. The number of fused-ring (bicyclic) bond motifs is 3. The molecule has 0 heterocycles. The molecule has 0 aromatic heterocycles. The first kappa shape index (κ1) is 9.86. The van der Waals surface area contributed by atoms with Crippen molar-refractivity contribution in [2.45, 2.75) is 52.9 Å². The predicted molar refractivity (Wildman–Crippen MR) is 60.5 cm³/mol. The third-order valence-electron chi connectivity index (χ3n) is 5.98. The van der Waals surface area contributed by atoms with E-state index in [0.717, 1.165) is 18.8 Å². The molecule has 0 saturated heterocycles. The quantitative estimate of drug-likeness (QED) is 0.593. The van der Waals surface area contributed by atoms with E-state index in [2.05, 4.69) is 20.8 Å². The van der Waals surface area contributed by atoms with Crippen LogP contribution < -0.4 is 0 Å². The molecular formula is C14H22O. The Morgan fingerprint density at radius 3 is 2.73 bits per heavy atom. The van der Waals surface area contributed by atoms with Crippen LogP contribution in [0.3, 0.4) is 0 Å². The molecule has 0 spiro atoms. The topological polar surface area (TPSA) is 17.1 Å². The summed E-state index contributed by atoms with van der Waals surface area (Å²) in [6, 6.07) is 0. The Bertz CT molecular complexity index is 315. The summed E-state index contributed by atoms with van der Waals surface area (Å²) in [7, 11) is 0. The van der Waals surface area contributed by atoms with Crippen molar-refractivity contribution in [1.29, 1.82) is 0 Å². The number of hydrogen-bond acceptors (Lipinski definition) is 1. The van der Waals surface area contributed by atoms with E-state index in [1.54, 1.807) is 0 Å². The van der Waals surface area contributed by atoms with Gasteiger partial charge in [0.2, 0.25) is 0 Å². The number of carbonyl (C=O) groups is 1. The van der Waals surface area contributed by atoms with Gasteiger partial charge in [-0.1, -0.05) is 27.2 Å². The average molecular weight is 206 g/mol. The van der Waals surface area contributed by atoms with Crippen LogP contribution in [0.4, 0.5) is 0 Å². The normalized spacial score (nSPS) is 58.3. The lowest BCUT2D eigenvalue weighted by Gasteiger charge is -2.58. The highest BCUT2D eigenvalue weighted by molar-refractivity contribution is 5.92.